The molecule has 0 aliphatic heterocycles. The third-order valence-electron chi connectivity index (χ3n) is 4.61. The number of amides is 3. The number of halogens is 5. The minimum Gasteiger partial charge on any atom is -0.493 e. The molecule has 3 aromatic carbocycles. The van der Waals surface area contributed by atoms with Crippen LogP contribution in [0.1, 0.15) is 5.56 Å². The van der Waals surface area contributed by atoms with Gasteiger partial charge in [-0.3, -0.25) is 14.4 Å². The van der Waals surface area contributed by atoms with Gasteiger partial charge in [0.25, 0.3) is 5.91 Å². The summed E-state index contributed by atoms with van der Waals surface area (Å²) in [5, 5.41) is 9.57. The van der Waals surface area contributed by atoms with Gasteiger partial charge in [0, 0.05) is 0 Å². The Hall–Kier alpha value is -3.02. The molecule has 0 saturated carbocycles. The highest BCUT2D eigenvalue weighted by Crippen LogP contribution is 2.36. The summed E-state index contributed by atoms with van der Waals surface area (Å²) in [6.07, 6.45) is 1.28. The average molecular weight is 663 g/mol. The molecular weight excluding hydrogens is 646 g/mol. The lowest BCUT2D eigenvalue weighted by Crippen LogP contribution is -2.32. The summed E-state index contributed by atoms with van der Waals surface area (Å²) in [5.74, 6) is -1.98. The van der Waals surface area contributed by atoms with Crippen LogP contribution in [0.15, 0.2) is 58.1 Å². The largest absolute Gasteiger partial charge is 0.493 e. The number of hydrogen-bond acceptors (Lipinski definition) is 6. The fourth-order valence-corrected chi connectivity index (χ4v) is 4.14. The van der Waals surface area contributed by atoms with Gasteiger partial charge in [0.2, 0.25) is 0 Å². The fraction of sp³-hybridized carbons (Fsp3) is 0.0833. The van der Waals surface area contributed by atoms with Crippen molar-refractivity contribution in [3.63, 3.8) is 0 Å². The summed E-state index contributed by atoms with van der Waals surface area (Å²) in [4.78, 5) is 36.5. The predicted octanol–water partition coefficient (Wildman–Crippen LogP) is 6.18. The first-order valence-corrected chi connectivity index (χ1v) is 12.7. The molecule has 0 bridgehead atoms. The molecule has 0 aliphatic rings. The van der Waals surface area contributed by atoms with Gasteiger partial charge in [0.05, 0.1) is 49.3 Å². The zero-order valence-electron chi connectivity index (χ0n) is 19.3. The number of nitrogens with zero attached hydrogens (tertiary/aromatic N) is 1. The monoisotopic (exact) mass is 660 g/mol. The SMILES string of the molecule is COc1cc(/C=N\NC(=O)C(=O)Nc2cccc(Cl)c2Cl)cc(Br)c1OCC(=O)Nc1cccc(Cl)c1Cl. The molecule has 0 radical (unpaired) electrons. The molecule has 0 spiro atoms. The predicted molar refractivity (Wildman–Crippen MR) is 152 cm³/mol. The average Bonchev–Trinajstić information content (AvgIpc) is 2.88. The molecule has 0 aliphatic carbocycles. The second kappa shape index (κ2) is 13.7. The maximum atomic E-state index is 12.3. The van der Waals surface area contributed by atoms with Crippen LogP contribution in [0.5, 0.6) is 11.5 Å². The molecule has 3 amide bonds. The Morgan fingerprint density at radius 3 is 2.13 bits per heavy atom. The lowest BCUT2D eigenvalue weighted by Gasteiger charge is -2.14. The molecule has 0 saturated heterocycles. The highest BCUT2D eigenvalue weighted by Gasteiger charge is 2.17. The Morgan fingerprint density at radius 2 is 1.53 bits per heavy atom. The van der Waals surface area contributed by atoms with Crippen molar-refractivity contribution in [1.29, 1.82) is 0 Å². The Labute approximate surface area is 245 Å². The molecule has 3 aromatic rings. The fourth-order valence-electron chi connectivity index (χ4n) is 2.87. The van der Waals surface area contributed by atoms with E-state index in [1.54, 1.807) is 42.5 Å². The first kappa shape index (κ1) is 29.5. The molecule has 0 atom stereocenters. The molecule has 3 N–H and O–H groups in total. The number of anilines is 2. The van der Waals surface area contributed by atoms with Gasteiger partial charge in [-0.15, -0.1) is 0 Å². The molecule has 0 unspecified atom stereocenters. The van der Waals surface area contributed by atoms with Crippen LogP contribution in [0.25, 0.3) is 0 Å². The van der Waals surface area contributed by atoms with Crippen LogP contribution < -0.4 is 25.5 Å². The summed E-state index contributed by atoms with van der Waals surface area (Å²) in [6, 6.07) is 12.6. The first-order chi connectivity index (χ1) is 18.1. The van der Waals surface area contributed by atoms with Gasteiger partial charge in [-0.05, 0) is 57.9 Å². The molecule has 0 fully saturated rings. The van der Waals surface area contributed by atoms with E-state index in [9.17, 15) is 14.4 Å². The van der Waals surface area contributed by atoms with Crippen LogP contribution in [0.4, 0.5) is 11.4 Å². The van der Waals surface area contributed by atoms with Gasteiger partial charge in [0.1, 0.15) is 0 Å². The minimum absolute atomic E-state index is 0.101. The quantitative estimate of drug-likeness (QED) is 0.151. The van der Waals surface area contributed by atoms with Crippen molar-refractivity contribution in [1.82, 2.24) is 5.43 Å². The van der Waals surface area contributed by atoms with Crippen molar-refractivity contribution in [3.8, 4) is 11.5 Å². The first-order valence-electron chi connectivity index (χ1n) is 10.4. The number of nitrogens with one attached hydrogen (secondary N) is 3. The number of benzene rings is 3. The second-order valence-electron chi connectivity index (χ2n) is 7.23. The summed E-state index contributed by atoms with van der Waals surface area (Å²) in [5.41, 5.74) is 3.11. The third kappa shape index (κ3) is 7.75. The Morgan fingerprint density at radius 1 is 0.921 bits per heavy atom. The van der Waals surface area contributed by atoms with E-state index in [0.29, 0.717) is 20.7 Å². The minimum atomic E-state index is -1.03. The van der Waals surface area contributed by atoms with Gasteiger partial charge in [-0.1, -0.05) is 58.5 Å². The topological polar surface area (TPSA) is 118 Å². The number of hydrogen-bond donors (Lipinski definition) is 3. The number of methoxy groups -OCH3 is 1. The van der Waals surface area contributed by atoms with E-state index in [1.807, 2.05) is 0 Å². The summed E-state index contributed by atoms with van der Waals surface area (Å²) in [6.45, 7) is -0.354. The van der Waals surface area contributed by atoms with Crippen molar-refractivity contribution in [3.05, 3.63) is 78.7 Å². The summed E-state index contributed by atoms with van der Waals surface area (Å²) < 4.78 is 11.4. The zero-order valence-corrected chi connectivity index (χ0v) is 23.9. The molecule has 3 rings (SSSR count). The van der Waals surface area contributed by atoms with Crippen LogP contribution >= 0.6 is 62.3 Å². The van der Waals surface area contributed by atoms with Gasteiger partial charge in [-0.25, -0.2) is 5.43 Å². The Kier molecular flexibility index (Phi) is 10.6. The van der Waals surface area contributed by atoms with E-state index in [4.69, 9.17) is 55.9 Å². The Bertz CT molecular complexity index is 1420. The van der Waals surface area contributed by atoms with Crippen LogP contribution in [-0.2, 0) is 14.4 Å². The number of carbonyl (C=O) groups is 3. The lowest BCUT2D eigenvalue weighted by molar-refractivity contribution is -0.136. The van der Waals surface area contributed by atoms with Crippen LogP contribution in [-0.4, -0.2) is 37.7 Å². The number of rotatable bonds is 8. The number of carbonyl (C=O) groups excluding carboxylic acids is 3. The Balaban J connectivity index is 1.60. The summed E-state index contributed by atoms with van der Waals surface area (Å²) >= 11 is 27.3. The van der Waals surface area contributed by atoms with E-state index in [1.165, 1.54) is 19.4 Å². The van der Waals surface area contributed by atoms with Crippen molar-refractivity contribution in [2.45, 2.75) is 0 Å². The molecule has 9 nitrogen and oxygen atoms in total. The summed E-state index contributed by atoms with van der Waals surface area (Å²) in [7, 11) is 1.41. The van der Waals surface area contributed by atoms with E-state index < -0.39 is 17.7 Å². The third-order valence-corrected chi connectivity index (χ3v) is 6.84. The number of hydrazone groups is 1. The van der Waals surface area contributed by atoms with E-state index in [2.05, 4.69) is 37.1 Å². The van der Waals surface area contributed by atoms with E-state index in [0.717, 1.165) is 0 Å². The van der Waals surface area contributed by atoms with Crippen molar-refractivity contribution in [2.24, 2.45) is 5.10 Å². The molecule has 0 heterocycles. The van der Waals surface area contributed by atoms with Crippen LogP contribution in [0.2, 0.25) is 20.1 Å². The van der Waals surface area contributed by atoms with E-state index in [-0.39, 0.29) is 38.9 Å². The maximum absolute atomic E-state index is 12.3. The van der Waals surface area contributed by atoms with Crippen molar-refractivity contribution < 1.29 is 23.9 Å². The molecule has 14 heteroatoms. The number of ether oxygens (including phenoxy) is 2. The smallest absolute Gasteiger partial charge is 0.329 e. The molecular formula is C24H17BrCl4N4O5. The highest BCUT2D eigenvalue weighted by molar-refractivity contribution is 9.10. The maximum Gasteiger partial charge on any atom is 0.329 e. The van der Waals surface area contributed by atoms with Gasteiger partial charge in [-0.2, -0.15) is 5.10 Å². The lowest BCUT2D eigenvalue weighted by atomic mass is 10.2. The van der Waals surface area contributed by atoms with Crippen molar-refractivity contribution in [2.75, 3.05) is 24.4 Å². The van der Waals surface area contributed by atoms with Gasteiger partial charge < -0.3 is 20.1 Å². The normalized spacial score (nSPS) is 10.7. The standard InChI is InChI=1S/C24H17BrCl4N4O5/c1-37-18-9-12(10-30-33-24(36)23(35)32-17-7-3-5-15(27)21(17)29)8-13(25)22(18)38-11-19(34)31-16-6-2-4-14(26)20(16)28/h2-10H,11H2,1H3,(H,31,34)(H,32,35)(H,33,36)/b30-10-. The van der Waals surface area contributed by atoms with Gasteiger partial charge in [0.15, 0.2) is 18.1 Å². The van der Waals surface area contributed by atoms with Gasteiger partial charge >= 0.3 is 11.8 Å². The zero-order chi connectivity index (χ0) is 27.8. The van der Waals surface area contributed by atoms with Crippen molar-refractivity contribution >= 4 is 97.6 Å². The second-order valence-corrected chi connectivity index (χ2v) is 9.65. The van der Waals surface area contributed by atoms with Crippen LogP contribution in [0, 0.1) is 0 Å². The molecule has 0 aromatic heterocycles. The molecule has 198 valence electrons. The van der Waals surface area contributed by atoms with Crippen LogP contribution in [0.3, 0.4) is 0 Å². The molecule has 38 heavy (non-hydrogen) atoms. The highest BCUT2D eigenvalue weighted by atomic mass is 79.9. The van der Waals surface area contributed by atoms with E-state index >= 15 is 0 Å².